The van der Waals surface area contributed by atoms with Crippen LogP contribution in [0, 0.1) is 5.92 Å². The monoisotopic (exact) mass is 351 g/mol. The van der Waals surface area contributed by atoms with E-state index < -0.39 is 0 Å². The highest BCUT2D eigenvalue weighted by Gasteiger charge is 2.30. The van der Waals surface area contributed by atoms with Crippen LogP contribution in [0.1, 0.15) is 53.9 Å². The Labute approximate surface area is 153 Å². The molecule has 2 rings (SSSR count). The van der Waals surface area contributed by atoms with Crippen LogP contribution in [0.25, 0.3) is 0 Å². The fourth-order valence-corrected chi connectivity index (χ4v) is 3.50. The van der Waals surface area contributed by atoms with Crippen LogP contribution >= 0.6 is 0 Å². The molecule has 2 N–H and O–H groups in total. The first-order chi connectivity index (χ1) is 11.9. The van der Waals surface area contributed by atoms with E-state index in [-0.39, 0.29) is 11.8 Å². The lowest BCUT2D eigenvalue weighted by Crippen LogP contribution is -2.45. The molecule has 0 spiro atoms. The van der Waals surface area contributed by atoms with Crippen LogP contribution in [-0.2, 0) is 4.79 Å². The lowest BCUT2D eigenvalue weighted by Gasteiger charge is -2.25. The van der Waals surface area contributed by atoms with Crippen molar-refractivity contribution in [3.05, 3.63) is 0 Å². The molecule has 6 heteroatoms. The molecule has 0 aromatic rings. The molecular formula is C19H37N5O. The van der Waals surface area contributed by atoms with Crippen molar-refractivity contribution < 1.29 is 4.79 Å². The molecule has 1 saturated carbocycles. The molecule has 1 aliphatic heterocycles. The minimum atomic E-state index is 0.0742. The van der Waals surface area contributed by atoms with Crippen LogP contribution in [0.15, 0.2) is 4.99 Å². The molecule has 1 atom stereocenters. The molecule has 1 unspecified atom stereocenters. The molecule has 2 fully saturated rings. The third-order valence-corrected chi connectivity index (χ3v) is 4.99. The SMILES string of the molecule is CCNC(=NCCN(C(C)C)C1CC1)NC1CCN(C(=O)C(C)C)C1. The van der Waals surface area contributed by atoms with Gasteiger partial charge in [-0.15, -0.1) is 0 Å². The molecule has 1 aliphatic carbocycles. The van der Waals surface area contributed by atoms with Crippen molar-refractivity contribution in [3.8, 4) is 0 Å². The lowest BCUT2D eigenvalue weighted by molar-refractivity contribution is -0.133. The van der Waals surface area contributed by atoms with Gasteiger partial charge in [-0.25, -0.2) is 0 Å². The van der Waals surface area contributed by atoms with Crippen LogP contribution in [0.3, 0.4) is 0 Å². The number of guanidine groups is 1. The van der Waals surface area contributed by atoms with Gasteiger partial charge in [-0.05, 0) is 40.0 Å². The van der Waals surface area contributed by atoms with E-state index >= 15 is 0 Å². The summed E-state index contributed by atoms with van der Waals surface area (Å²) in [7, 11) is 0. The summed E-state index contributed by atoms with van der Waals surface area (Å²) in [5.41, 5.74) is 0. The van der Waals surface area contributed by atoms with E-state index in [9.17, 15) is 4.79 Å². The molecule has 0 aromatic carbocycles. The highest BCUT2D eigenvalue weighted by Crippen LogP contribution is 2.28. The van der Waals surface area contributed by atoms with Crippen molar-refractivity contribution in [1.82, 2.24) is 20.4 Å². The first kappa shape index (κ1) is 20.0. The molecule has 0 aromatic heterocycles. The van der Waals surface area contributed by atoms with E-state index in [1.807, 2.05) is 18.7 Å². The zero-order valence-electron chi connectivity index (χ0n) is 16.7. The van der Waals surface area contributed by atoms with Gasteiger partial charge in [0.25, 0.3) is 0 Å². The second-order valence-electron chi connectivity index (χ2n) is 7.89. The maximum atomic E-state index is 12.1. The molecule has 0 radical (unpaired) electrons. The van der Waals surface area contributed by atoms with Gasteiger partial charge in [0.1, 0.15) is 0 Å². The number of carbonyl (C=O) groups is 1. The fraction of sp³-hybridized carbons (Fsp3) is 0.895. The molecular weight excluding hydrogens is 314 g/mol. The molecule has 144 valence electrons. The van der Waals surface area contributed by atoms with Crippen LogP contribution in [0.4, 0.5) is 0 Å². The van der Waals surface area contributed by atoms with Crippen molar-refractivity contribution >= 4 is 11.9 Å². The van der Waals surface area contributed by atoms with Gasteiger partial charge in [0.05, 0.1) is 6.54 Å². The average Bonchev–Trinajstić information content (AvgIpc) is 3.28. The van der Waals surface area contributed by atoms with Gasteiger partial charge in [0.15, 0.2) is 5.96 Å². The second kappa shape index (κ2) is 9.41. The van der Waals surface area contributed by atoms with Gasteiger partial charge < -0.3 is 15.5 Å². The number of aliphatic imine (C=N–C) groups is 1. The van der Waals surface area contributed by atoms with Gasteiger partial charge in [-0.2, -0.15) is 0 Å². The number of hydrogen-bond donors (Lipinski definition) is 2. The molecule has 1 heterocycles. The molecule has 2 aliphatic rings. The van der Waals surface area contributed by atoms with Crippen LogP contribution in [-0.4, -0.2) is 72.5 Å². The van der Waals surface area contributed by atoms with Gasteiger partial charge in [0, 0.05) is 50.2 Å². The Morgan fingerprint density at radius 3 is 2.52 bits per heavy atom. The van der Waals surface area contributed by atoms with Crippen molar-refractivity contribution in [2.24, 2.45) is 10.9 Å². The molecule has 1 saturated heterocycles. The second-order valence-corrected chi connectivity index (χ2v) is 7.89. The fourth-order valence-electron chi connectivity index (χ4n) is 3.50. The molecule has 25 heavy (non-hydrogen) atoms. The Morgan fingerprint density at radius 2 is 1.96 bits per heavy atom. The molecule has 1 amide bonds. The first-order valence-electron chi connectivity index (χ1n) is 10.0. The maximum Gasteiger partial charge on any atom is 0.225 e. The van der Waals surface area contributed by atoms with Gasteiger partial charge >= 0.3 is 0 Å². The summed E-state index contributed by atoms with van der Waals surface area (Å²) in [6.45, 7) is 14.9. The van der Waals surface area contributed by atoms with E-state index in [4.69, 9.17) is 4.99 Å². The summed E-state index contributed by atoms with van der Waals surface area (Å²) in [6.07, 6.45) is 3.66. The van der Waals surface area contributed by atoms with E-state index in [1.54, 1.807) is 0 Å². The van der Waals surface area contributed by atoms with Crippen LogP contribution < -0.4 is 10.6 Å². The zero-order valence-corrected chi connectivity index (χ0v) is 16.7. The summed E-state index contributed by atoms with van der Waals surface area (Å²) >= 11 is 0. The number of hydrogen-bond acceptors (Lipinski definition) is 3. The standard InChI is InChI=1S/C19H37N5O/c1-6-20-19(21-10-12-24(15(4)5)17-7-8-17)22-16-9-11-23(13-16)18(25)14(2)3/h14-17H,6-13H2,1-5H3,(H2,20,21,22). The van der Waals surface area contributed by atoms with Crippen LogP contribution in [0.5, 0.6) is 0 Å². The summed E-state index contributed by atoms with van der Waals surface area (Å²) in [6, 6.07) is 1.66. The number of nitrogens with one attached hydrogen (secondary N) is 2. The van der Waals surface area contributed by atoms with E-state index in [0.717, 1.165) is 51.1 Å². The Morgan fingerprint density at radius 1 is 1.24 bits per heavy atom. The highest BCUT2D eigenvalue weighted by molar-refractivity contribution is 5.81. The average molecular weight is 352 g/mol. The minimum Gasteiger partial charge on any atom is -0.357 e. The first-order valence-corrected chi connectivity index (χ1v) is 10.0. The van der Waals surface area contributed by atoms with E-state index in [1.165, 1.54) is 12.8 Å². The quantitative estimate of drug-likeness (QED) is 0.516. The Bertz CT molecular complexity index is 457. The van der Waals surface area contributed by atoms with E-state index in [2.05, 4.69) is 36.3 Å². The third-order valence-electron chi connectivity index (χ3n) is 4.99. The summed E-state index contributed by atoms with van der Waals surface area (Å²) in [5, 5.41) is 6.86. The van der Waals surface area contributed by atoms with Crippen molar-refractivity contribution in [2.45, 2.75) is 72.0 Å². The molecule has 6 nitrogen and oxygen atoms in total. The zero-order chi connectivity index (χ0) is 18.4. The van der Waals surface area contributed by atoms with E-state index in [0.29, 0.717) is 12.1 Å². The summed E-state index contributed by atoms with van der Waals surface area (Å²) in [4.78, 5) is 21.4. The Kier molecular flexibility index (Phi) is 7.54. The summed E-state index contributed by atoms with van der Waals surface area (Å²) < 4.78 is 0. The largest absolute Gasteiger partial charge is 0.357 e. The number of amides is 1. The number of rotatable bonds is 8. The normalized spacial score (nSPS) is 21.5. The number of nitrogens with zero attached hydrogens (tertiary/aromatic N) is 3. The third kappa shape index (κ3) is 6.17. The maximum absolute atomic E-state index is 12.1. The minimum absolute atomic E-state index is 0.0742. The van der Waals surface area contributed by atoms with Crippen molar-refractivity contribution in [3.63, 3.8) is 0 Å². The predicted octanol–water partition coefficient (Wildman–Crippen LogP) is 1.67. The van der Waals surface area contributed by atoms with Gasteiger partial charge in [-0.3, -0.25) is 14.7 Å². The molecule has 0 bridgehead atoms. The smallest absolute Gasteiger partial charge is 0.225 e. The van der Waals surface area contributed by atoms with Gasteiger partial charge in [0.2, 0.25) is 5.91 Å². The van der Waals surface area contributed by atoms with Crippen molar-refractivity contribution in [2.75, 3.05) is 32.7 Å². The van der Waals surface area contributed by atoms with Gasteiger partial charge in [-0.1, -0.05) is 13.8 Å². The summed E-state index contributed by atoms with van der Waals surface area (Å²) in [5.74, 6) is 1.21. The predicted molar refractivity (Wildman–Crippen MR) is 104 cm³/mol. The van der Waals surface area contributed by atoms with Crippen molar-refractivity contribution in [1.29, 1.82) is 0 Å². The number of likely N-dealkylation sites (tertiary alicyclic amines) is 1. The lowest BCUT2D eigenvalue weighted by atomic mass is 10.2. The topological polar surface area (TPSA) is 60.0 Å². The Balaban J connectivity index is 1.82. The Hall–Kier alpha value is -1.30. The highest BCUT2D eigenvalue weighted by atomic mass is 16.2. The number of carbonyl (C=O) groups excluding carboxylic acids is 1. The van der Waals surface area contributed by atoms with Crippen LogP contribution in [0.2, 0.25) is 0 Å².